The van der Waals surface area contributed by atoms with Crippen LogP contribution in [-0.4, -0.2) is 34.8 Å². The van der Waals surface area contributed by atoms with Gasteiger partial charge in [-0.3, -0.25) is 9.69 Å². The summed E-state index contributed by atoms with van der Waals surface area (Å²) in [7, 11) is 1.17. The van der Waals surface area contributed by atoms with Crippen molar-refractivity contribution in [1.29, 1.82) is 5.26 Å². The van der Waals surface area contributed by atoms with Crippen LogP contribution in [0.4, 0.5) is 23.7 Å². The summed E-state index contributed by atoms with van der Waals surface area (Å²) in [5.41, 5.74) is 0.116. The molecule has 1 fully saturated rings. The Balaban J connectivity index is 1.69. The minimum Gasteiger partial charge on any atom is -0.464 e. The van der Waals surface area contributed by atoms with Crippen LogP contribution in [0.25, 0.3) is 0 Å². The van der Waals surface area contributed by atoms with E-state index >= 15 is 0 Å². The molecule has 9 nitrogen and oxygen atoms in total. The second-order valence-corrected chi connectivity index (χ2v) is 9.69. The number of oxazole rings is 1. The number of nitrogens with zero attached hydrogens (tertiary/aromatic N) is 4. The zero-order chi connectivity index (χ0) is 29.5. The number of hydrogen-bond donors (Lipinski definition) is 0. The van der Waals surface area contributed by atoms with Crippen LogP contribution in [0.3, 0.4) is 0 Å². The van der Waals surface area contributed by atoms with Crippen LogP contribution in [0.2, 0.25) is 0 Å². The normalized spacial score (nSPS) is 17.5. The number of Topliss-reactive ketones (excluding diaryl/α,β-unsaturated/α-hetero) is 1. The Morgan fingerprint density at radius 3 is 2.49 bits per heavy atom. The Morgan fingerprint density at radius 1 is 1.17 bits per heavy atom. The van der Waals surface area contributed by atoms with Crippen LogP contribution in [0.1, 0.15) is 58.9 Å². The number of carbonyl (C=O) groups is 3. The summed E-state index contributed by atoms with van der Waals surface area (Å²) in [6.07, 6.45) is -2.30. The number of methoxy groups -OCH3 is 1. The van der Waals surface area contributed by atoms with E-state index in [4.69, 9.17) is 4.42 Å². The van der Waals surface area contributed by atoms with Crippen molar-refractivity contribution in [3.63, 3.8) is 0 Å². The van der Waals surface area contributed by atoms with E-state index in [0.717, 1.165) is 23.3 Å². The second kappa shape index (κ2) is 10.6. The second-order valence-electron chi connectivity index (χ2n) is 9.69. The molecule has 1 aliphatic carbocycles. The predicted octanol–water partition coefficient (Wildman–Crippen LogP) is 5.79. The van der Waals surface area contributed by atoms with E-state index in [1.807, 2.05) is 6.07 Å². The van der Waals surface area contributed by atoms with Crippen molar-refractivity contribution in [3.8, 4) is 6.07 Å². The number of benzene rings is 2. The number of ether oxygens (including phenoxy) is 1. The van der Waals surface area contributed by atoms with Gasteiger partial charge in [-0.2, -0.15) is 18.4 Å². The van der Waals surface area contributed by atoms with Gasteiger partial charge in [0.15, 0.2) is 11.5 Å². The van der Waals surface area contributed by atoms with Crippen LogP contribution < -0.4 is 4.90 Å². The number of rotatable bonds is 7. The molecule has 5 rings (SSSR count). The number of nitriles is 1. The highest BCUT2D eigenvalue weighted by Gasteiger charge is 2.46. The summed E-state index contributed by atoms with van der Waals surface area (Å²) in [4.78, 5) is 46.3. The number of hydrogen-bond acceptors (Lipinski definition) is 7. The molecular weight excluding hydrogens is 541 g/mol. The maximum atomic E-state index is 14.2. The van der Waals surface area contributed by atoms with Gasteiger partial charge in [0.1, 0.15) is 6.26 Å². The van der Waals surface area contributed by atoms with Crippen molar-refractivity contribution in [1.82, 2.24) is 9.88 Å². The molecule has 2 amide bonds. The van der Waals surface area contributed by atoms with E-state index in [9.17, 15) is 32.8 Å². The SMILES string of the molecule is COC(=O)c1coc(CN2C(=O)N(c3cccc(C(F)(F)F)c3)C(C)=C(C(=O)C3CC3)C2c2ccc(C#N)cc2)n1. The van der Waals surface area contributed by atoms with Crippen molar-refractivity contribution in [2.45, 2.75) is 38.5 Å². The van der Waals surface area contributed by atoms with Crippen LogP contribution >= 0.6 is 0 Å². The van der Waals surface area contributed by atoms with Gasteiger partial charge in [-0.15, -0.1) is 0 Å². The quantitative estimate of drug-likeness (QED) is 0.334. The number of carbonyl (C=O) groups excluding carboxylic acids is 3. The molecule has 1 unspecified atom stereocenters. The van der Waals surface area contributed by atoms with Crippen molar-refractivity contribution in [2.24, 2.45) is 5.92 Å². The first kappa shape index (κ1) is 27.6. The molecule has 0 bridgehead atoms. The molecule has 1 atom stereocenters. The molecule has 0 N–H and O–H groups in total. The van der Waals surface area contributed by atoms with Crippen molar-refractivity contribution < 1.29 is 36.7 Å². The molecule has 210 valence electrons. The molecule has 1 aliphatic heterocycles. The predicted molar refractivity (Wildman–Crippen MR) is 137 cm³/mol. The van der Waals surface area contributed by atoms with Gasteiger partial charge in [0, 0.05) is 17.2 Å². The highest BCUT2D eigenvalue weighted by molar-refractivity contribution is 6.07. The minimum absolute atomic E-state index is 0.0563. The monoisotopic (exact) mass is 564 g/mol. The summed E-state index contributed by atoms with van der Waals surface area (Å²) in [6.45, 7) is 1.20. The third kappa shape index (κ3) is 5.30. The topological polar surface area (TPSA) is 117 Å². The standard InChI is InChI=1S/C29H23F3N4O5/c1-16-24(26(37)19-10-11-19)25(18-8-6-17(13-33)7-9-18)35(14-23-34-22(15-41-23)27(38)40-2)28(39)36(16)21-5-3-4-20(12-21)29(30,31)32/h3-9,12,15,19,25H,10-11,14H2,1-2H3. The van der Waals surface area contributed by atoms with Gasteiger partial charge in [0.25, 0.3) is 0 Å². The van der Waals surface area contributed by atoms with Crippen molar-refractivity contribution >= 4 is 23.5 Å². The number of esters is 1. The molecular formula is C29H23F3N4O5. The van der Waals surface area contributed by atoms with Gasteiger partial charge in [-0.05, 0) is 55.7 Å². The van der Waals surface area contributed by atoms with Gasteiger partial charge in [-0.25, -0.2) is 14.6 Å². The Labute approximate surface area is 232 Å². The number of anilines is 1. The summed E-state index contributed by atoms with van der Waals surface area (Å²) < 4.78 is 50.9. The smallest absolute Gasteiger partial charge is 0.416 e. The fourth-order valence-electron chi connectivity index (χ4n) is 4.83. The van der Waals surface area contributed by atoms with E-state index < -0.39 is 29.8 Å². The lowest BCUT2D eigenvalue weighted by Gasteiger charge is -2.43. The Morgan fingerprint density at radius 2 is 1.88 bits per heavy atom. The third-order valence-corrected chi connectivity index (χ3v) is 7.00. The largest absolute Gasteiger partial charge is 0.464 e. The van der Waals surface area contributed by atoms with Gasteiger partial charge in [-0.1, -0.05) is 18.2 Å². The number of ketones is 1. The lowest BCUT2D eigenvalue weighted by atomic mass is 9.88. The van der Waals surface area contributed by atoms with E-state index in [1.165, 1.54) is 31.1 Å². The third-order valence-electron chi connectivity index (χ3n) is 7.00. The number of halogens is 3. The zero-order valence-electron chi connectivity index (χ0n) is 21.9. The first-order chi connectivity index (χ1) is 19.5. The zero-order valence-corrected chi connectivity index (χ0v) is 21.9. The minimum atomic E-state index is -4.66. The molecule has 0 spiro atoms. The first-order valence-corrected chi connectivity index (χ1v) is 12.6. The Bertz CT molecular complexity index is 1600. The maximum Gasteiger partial charge on any atom is 0.416 e. The lowest BCUT2D eigenvalue weighted by Crippen LogP contribution is -2.50. The van der Waals surface area contributed by atoms with E-state index in [-0.39, 0.29) is 46.8 Å². The molecule has 0 radical (unpaired) electrons. The summed E-state index contributed by atoms with van der Waals surface area (Å²) >= 11 is 0. The fraction of sp³-hybridized carbons (Fsp3) is 0.276. The molecule has 12 heteroatoms. The molecule has 2 aromatic carbocycles. The van der Waals surface area contributed by atoms with Crippen molar-refractivity contribution in [3.05, 3.63) is 94.3 Å². The van der Waals surface area contributed by atoms with Gasteiger partial charge >= 0.3 is 18.2 Å². The Hall–Kier alpha value is -4.92. The molecule has 2 heterocycles. The van der Waals surface area contributed by atoms with Crippen LogP contribution in [0.5, 0.6) is 0 Å². The fourth-order valence-corrected chi connectivity index (χ4v) is 4.83. The van der Waals surface area contributed by atoms with Crippen LogP contribution in [0.15, 0.2) is 70.5 Å². The summed E-state index contributed by atoms with van der Waals surface area (Å²) in [5, 5.41) is 9.28. The number of urea groups is 1. The maximum absolute atomic E-state index is 14.2. The van der Waals surface area contributed by atoms with E-state index in [2.05, 4.69) is 9.72 Å². The highest BCUT2D eigenvalue weighted by Crippen LogP contribution is 2.45. The average Bonchev–Trinajstić information content (AvgIpc) is 3.71. The van der Waals surface area contributed by atoms with E-state index in [0.29, 0.717) is 24.0 Å². The number of alkyl halides is 3. The molecule has 1 aromatic heterocycles. The lowest BCUT2D eigenvalue weighted by molar-refractivity contribution is -0.137. The first-order valence-electron chi connectivity index (χ1n) is 12.6. The Kier molecular flexibility index (Phi) is 7.13. The highest BCUT2D eigenvalue weighted by atomic mass is 19.4. The number of allylic oxidation sites excluding steroid dienone is 1. The summed E-state index contributed by atoms with van der Waals surface area (Å²) in [6, 6.07) is 10.9. The van der Waals surface area contributed by atoms with Gasteiger partial charge < -0.3 is 14.1 Å². The molecule has 3 aromatic rings. The molecule has 2 aliphatic rings. The molecule has 0 saturated heterocycles. The average molecular weight is 565 g/mol. The van der Waals surface area contributed by atoms with E-state index in [1.54, 1.807) is 24.3 Å². The molecule has 1 saturated carbocycles. The van der Waals surface area contributed by atoms with Crippen molar-refractivity contribution in [2.75, 3.05) is 12.0 Å². The van der Waals surface area contributed by atoms with Gasteiger partial charge in [0.05, 0.1) is 42.6 Å². The summed E-state index contributed by atoms with van der Waals surface area (Å²) in [5.74, 6) is -1.33. The van der Waals surface area contributed by atoms with Crippen LogP contribution in [0, 0.1) is 17.2 Å². The number of aromatic nitrogens is 1. The van der Waals surface area contributed by atoms with Crippen LogP contribution in [-0.2, 0) is 22.3 Å². The number of amides is 2. The van der Waals surface area contributed by atoms with Gasteiger partial charge in [0.2, 0.25) is 5.89 Å². The molecule has 41 heavy (non-hydrogen) atoms.